The molecule has 0 spiro atoms. The zero-order valence-corrected chi connectivity index (χ0v) is 29.5. The third-order valence-corrected chi connectivity index (χ3v) is 6.86. The number of nitrogens with one attached hydrogen (secondary N) is 4. The molecule has 0 fully saturated rings. The lowest BCUT2D eigenvalue weighted by atomic mass is 10.0. The summed E-state index contributed by atoms with van der Waals surface area (Å²) < 4.78 is 44.6. The molecule has 51 heavy (non-hydrogen) atoms. The smallest absolute Gasteiger partial charge is 0.408 e. The molecule has 0 radical (unpaired) electrons. The van der Waals surface area contributed by atoms with Crippen molar-refractivity contribution < 1.29 is 47.3 Å². The normalized spacial score (nSPS) is 13.3. The van der Waals surface area contributed by atoms with E-state index in [9.17, 15) is 33.1 Å². The Morgan fingerprint density at radius 3 is 2.10 bits per heavy atom. The molecular weight excluding hydrogens is 666 g/mol. The van der Waals surface area contributed by atoms with Gasteiger partial charge in [0.05, 0.1) is 25.3 Å². The lowest BCUT2D eigenvalue weighted by molar-refractivity contribution is -0.126. The molecular formula is C37H46F2N4O8. The molecule has 0 saturated carbocycles. The van der Waals surface area contributed by atoms with Crippen LogP contribution in [0.4, 0.5) is 24.1 Å². The number of aliphatic hydroxyl groups excluding tert-OH is 1. The van der Waals surface area contributed by atoms with E-state index in [1.165, 1.54) is 24.3 Å². The average molecular weight is 713 g/mol. The van der Waals surface area contributed by atoms with E-state index in [-0.39, 0.29) is 43.0 Å². The lowest BCUT2D eigenvalue weighted by Gasteiger charge is -2.26. The van der Waals surface area contributed by atoms with Gasteiger partial charge in [-0.2, -0.15) is 0 Å². The summed E-state index contributed by atoms with van der Waals surface area (Å²) in [5, 5.41) is 21.2. The van der Waals surface area contributed by atoms with E-state index in [1.54, 1.807) is 41.5 Å². The zero-order valence-electron chi connectivity index (χ0n) is 29.5. The summed E-state index contributed by atoms with van der Waals surface area (Å²) in [6, 6.07) is 15.8. The number of benzene rings is 3. The van der Waals surface area contributed by atoms with Gasteiger partial charge in [0.25, 0.3) is 11.8 Å². The largest absolute Gasteiger partial charge is 0.444 e. The standard InChI is InChI=1S/C37H46F2N4O8/c1-36(2,3)50-34(47)42-28(19-25-17-26(38)15-16-29(25)39)20-40-32(45)24-13-10-14-27(18-24)41-33(46)31(44)30(43-35(48)51-37(4,5)6)22-49-21-23-11-8-7-9-12-23/h7-18,28,30-31,44H,19-22H2,1-6H3,(H,40,45)(H,41,46)(H,42,47)(H,43,48)/t28?,30-,31+/m1/s1. The molecule has 4 amide bonds. The van der Waals surface area contributed by atoms with E-state index in [0.29, 0.717) is 0 Å². The summed E-state index contributed by atoms with van der Waals surface area (Å²) in [5.74, 6) is -2.85. The molecule has 0 aliphatic rings. The molecule has 0 bridgehead atoms. The number of aliphatic hydroxyl groups is 1. The Hall–Kier alpha value is -5.08. The van der Waals surface area contributed by atoms with E-state index < -0.39 is 65.0 Å². The van der Waals surface area contributed by atoms with Crippen molar-refractivity contribution in [3.05, 3.63) is 101 Å². The second-order valence-corrected chi connectivity index (χ2v) is 13.8. The second-order valence-electron chi connectivity index (χ2n) is 13.8. The molecule has 0 aliphatic heterocycles. The van der Waals surface area contributed by atoms with E-state index >= 15 is 0 Å². The van der Waals surface area contributed by atoms with Gasteiger partial charge < -0.3 is 40.6 Å². The number of anilines is 1. The maximum atomic E-state index is 14.4. The summed E-state index contributed by atoms with van der Waals surface area (Å²) in [7, 11) is 0. The highest BCUT2D eigenvalue weighted by Gasteiger charge is 2.30. The molecule has 5 N–H and O–H groups in total. The first-order valence-corrected chi connectivity index (χ1v) is 16.3. The fourth-order valence-electron chi connectivity index (χ4n) is 4.62. The number of hydrogen-bond donors (Lipinski definition) is 5. The van der Waals surface area contributed by atoms with Crippen LogP contribution in [-0.2, 0) is 32.0 Å². The Kier molecular flexibility index (Phi) is 14.4. The predicted octanol–water partition coefficient (Wildman–Crippen LogP) is 5.24. The Balaban J connectivity index is 1.68. The van der Waals surface area contributed by atoms with Gasteiger partial charge in [0.2, 0.25) is 0 Å². The van der Waals surface area contributed by atoms with Crippen molar-refractivity contribution in [1.29, 1.82) is 0 Å². The lowest BCUT2D eigenvalue weighted by Crippen LogP contribution is -2.52. The maximum Gasteiger partial charge on any atom is 0.408 e. The van der Waals surface area contributed by atoms with Gasteiger partial charge in [-0.3, -0.25) is 9.59 Å². The van der Waals surface area contributed by atoms with Gasteiger partial charge >= 0.3 is 12.2 Å². The van der Waals surface area contributed by atoms with Gasteiger partial charge in [-0.15, -0.1) is 0 Å². The Morgan fingerprint density at radius 2 is 1.45 bits per heavy atom. The Bertz CT molecular complexity index is 1640. The second kappa shape index (κ2) is 18.2. The molecule has 0 saturated heterocycles. The number of hydrogen-bond acceptors (Lipinski definition) is 8. The van der Waals surface area contributed by atoms with E-state index in [1.807, 2.05) is 30.3 Å². The van der Waals surface area contributed by atoms with Crippen molar-refractivity contribution >= 4 is 29.7 Å². The highest BCUT2D eigenvalue weighted by atomic mass is 19.1. The van der Waals surface area contributed by atoms with Crippen molar-refractivity contribution in [1.82, 2.24) is 16.0 Å². The van der Waals surface area contributed by atoms with Gasteiger partial charge in [-0.05, 0) is 95.5 Å². The summed E-state index contributed by atoms with van der Waals surface area (Å²) in [6.07, 6.45) is -3.62. The van der Waals surface area contributed by atoms with E-state index in [4.69, 9.17) is 14.2 Å². The third-order valence-electron chi connectivity index (χ3n) is 6.86. The van der Waals surface area contributed by atoms with Crippen LogP contribution in [0, 0.1) is 11.6 Å². The molecule has 12 nitrogen and oxygen atoms in total. The molecule has 14 heteroatoms. The van der Waals surface area contributed by atoms with Crippen LogP contribution in [-0.4, -0.2) is 71.6 Å². The van der Waals surface area contributed by atoms with Crippen LogP contribution in [0.3, 0.4) is 0 Å². The molecule has 1 unspecified atom stereocenters. The Labute approximate surface area is 296 Å². The average Bonchev–Trinajstić information content (AvgIpc) is 3.03. The van der Waals surface area contributed by atoms with Gasteiger partial charge in [0.1, 0.15) is 22.8 Å². The molecule has 3 aromatic rings. The fraction of sp³-hybridized carbons (Fsp3) is 0.405. The van der Waals surface area contributed by atoms with Gasteiger partial charge in [0.15, 0.2) is 6.10 Å². The number of ether oxygens (including phenoxy) is 3. The number of alkyl carbamates (subject to hydrolysis) is 2. The number of carbonyl (C=O) groups excluding carboxylic acids is 4. The number of amides is 4. The minimum atomic E-state index is -1.78. The van der Waals surface area contributed by atoms with Crippen molar-refractivity contribution in [2.75, 3.05) is 18.5 Å². The monoisotopic (exact) mass is 712 g/mol. The van der Waals surface area contributed by atoms with E-state index in [2.05, 4.69) is 21.3 Å². The van der Waals surface area contributed by atoms with Gasteiger partial charge in [-0.1, -0.05) is 36.4 Å². The van der Waals surface area contributed by atoms with Crippen molar-refractivity contribution in [3.63, 3.8) is 0 Å². The predicted molar refractivity (Wildman–Crippen MR) is 186 cm³/mol. The minimum absolute atomic E-state index is 0.0153. The Morgan fingerprint density at radius 1 is 0.804 bits per heavy atom. The summed E-state index contributed by atoms with van der Waals surface area (Å²) in [6.45, 7) is 9.73. The fourth-order valence-corrected chi connectivity index (χ4v) is 4.62. The first kappa shape index (κ1) is 40.4. The van der Waals surface area contributed by atoms with Crippen LogP contribution < -0.4 is 21.3 Å². The molecule has 3 atom stereocenters. The SMILES string of the molecule is CC(C)(C)OC(=O)NC(CNC(=O)c1cccc(NC(=O)[C@@H](O)[C@@H](COCc2ccccc2)NC(=O)OC(C)(C)C)c1)Cc1cc(F)ccc1F. The minimum Gasteiger partial charge on any atom is -0.444 e. The van der Waals surface area contributed by atoms with Gasteiger partial charge in [-0.25, -0.2) is 18.4 Å². The molecule has 0 aromatic heterocycles. The number of halogens is 2. The van der Waals surface area contributed by atoms with Crippen LogP contribution in [0.2, 0.25) is 0 Å². The molecule has 0 aliphatic carbocycles. The topological polar surface area (TPSA) is 164 Å². The number of rotatable bonds is 14. The molecule has 3 rings (SSSR count). The first-order valence-electron chi connectivity index (χ1n) is 16.3. The molecule has 3 aromatic carbocycles. The van der Waals surface area contributed by atoms with Crippen LogP contribution in [0.15, 0.2) is 72.8 Å². The number of carbonyl (C=O) groups is 4. The van der Waals surface area contributed by atoms with Crippen LogP contribution in [0.25, 0.3) is 0 Å². The maximum absolute atomic E-state index is 14.4. The van der Waals surface area contributed by atoms with Crippen molar-refractivity contribution in [2.24, 2.45) is 0 Å². The highest BCUT2D eigenvalue weighted by Crippen LogP contribution is 2.16. The zero-order chi connectivity index (χ0) is 37.8. The molecule has 276 valence electrons. The third kappa shape index (κ3) is 14.7. The van der Waals surface area contributed by atoms with E-state index in [0.717, 1.165) is 23.8 Å². The van der Waals surface area contributed by atoms with Crippen molar-refractivity contribution in [3.8, 4) is 0 Å². The molecule has 0 heterocycles. The van der Waals surface area contributed by atoms with Crippen LogP contribution in [0.1, 0.15) is 63.0 Å². The van der Waals surface area contributed by atoms with Gasteiger partial charge in [0, 0.05) is 17.8 Å². The summed E-state index contributed by atoms with van der Waals surface area (Å²) in [5.41, 5.74) is -0.589. The first-order chi connectivity index (χ1) is 23.9. The highest BCUT2D eigenvalue weighted by molar-refractivity contribution is 5.98. The van der Waals surface area contributed by atoms with Crippen molar-refractivity contribution in [2.45, 2.75) is 84.0 Å². The van der Waals surface area contributed by atoms with Crippen LogP contribution >= 0.6 is 0 Å². The summed E-state index contributed by atoms with van der Waals surface area (Å²) in [4.78, 5) is 51.4. The summed E-state index contributed by atoms with van der Waals surface area (Å²) >= 11 is 0. The van der Waals surface area contributed by atoms with Crippen LogP contribution in [0.5, 0.6) is 0 Å². The quantitative estimate of drug-likeness (QED) is 0.152.